The van der Waals surface area contributed by atoms with Crippen molar-refractivity contribution in [2.24, 2.45) is 5.73 Å². The Kier molecular flexibility index (Phi) is 7.17. The van der Waals surface area contributed by atoms with Crippen LogP contribution in [0.15, 0.2) is 66.9 Å². The molecule has 6 nitrogen and oxygen atoms in total. The predicted octanol–water partition coefficient (Wildman–Crippen LogP) is 6.55. The van der Waals surface area contributed by atoms with Crippen molar-refractivity contribution in [1.82, 2.24) is 19.7 Å². The highest BCUT2D eigenvalue weighted by Gasteiger charge is 2.37. The van der Waals surface area contributed by atoms with Gasteiger partial charge in [-0.05, 0) is 29.8 Å². The molecule has 15 heteroatoms. The summed E-state index contributed by atoms with van der Waals surface area (Å²) in [6.45, 7) is 0. The largest absolute Gasteiger partial charge is 0.433 e. The number of halogens is 9. The molecule has 0 aliphatic heterocycles. The first kappa shape index (κ1) is 28.3. The maximum Gasteiger partial charge on any atom is 0.433 e. The smallest absolute Gasteiger partial charge is 0.366 e. The molecule has 4 aromatic rings. The molecule has 0 fully saturated rings. The Morgan fingerprint density at radius 3 is 1.88 bits per heavy atom. The van der Waals surface area contributed by atoms with Gasteiger partial charge in [-0.15, -0.1) is 5.10 Å². The van der Waals surface area contributed by atoms with Crippen LogP contribution in [-0.2, 0) is 23.3 Å². The van der Waals surface area contributed by atoms with Gasteiger partial charge in [-0.1, -0.05) is 36.4 Å². The number of carbonyl (C=O) groups is 1. The first-order chi connectivity index (χ1) is 18.6. The number of hydrogen-bond donors (Lipinski definition) is 1. The molecule has 0 atom stereocenters. The van der Waals surface area contributed by atoms with Gasteiger partial charge in [0, 0.05) is 23.5 Å². The van der Waals surface area contributed by atoms with Crippen LogP contribution in [-0.4, -0.2) is 25.7 Å². The molecule has 2 N–H and O–H groups in total. The van der Waals surface area contributed by atoms with Crippen LogP contribution in [0.1, 0.15) is 22.4 Å². The van der Waals surface area contributed by atoms with Crippen molar-refractivity contribution in [3.8, 4) is 22.8 Å². The van der Waals surface area contributed by atoms with Gasteiger partial charge in [0.25, 0.3) is 5.91 Å². The van der Waals surface area contributed by atoms with Crippen molar-refractivity contribution in [1.29, 1.82) is 0 Å². The highest BCUT2D eigenvalue weighted by atomic mass is 19.4. The quantitative estimate of drug-likeness (QED) is 0.218. The Labute approximate surface area is 218 Å². The van der Waals surface area contributed by atoms with Gasteiger partial charge in [-0.3, -0.25) is 9.78 Å². The molecular formula is C25H14F9N5O. The maximum absolute atomic E-state index is 13.8. The lowest BCUT2D eigenvalue weighted by Gasteiger charge is -2.12. The zero-order chi connectivity index (χ0) is 29.5. The fraction of sp³-hybridized carbons (Fsp3) is 0.120. The third-order valence-electron chi connectivity index (χ3n) is 5.46. The number of rotatable bonds is 5. The van der Waals surface area contributed by atoms with Crippen molar-refractivity contribution in [2.45, 2.75) is 18.5 Å². The number of alkyl halides is 9. The van der Waals surface area contributed by atoms with Crippen LogP contribution in [0.3, 0.4) is 0 Å². The normalized spacial score (nSPS) is 13.0. The number of primary amides is 1. The molecule has 0 unspecified atom stereocenters. The SMILES string of the molecule is NC(=O)/C(=C/n1nc(-c2ccccc2C(F)(F)F)nc1-c1ccccc1C(F)(F)F)c1ccnc(C(F)(F)F)c1. The molecule has 0 aliphatic rings. The van der Waals surface area contributed by atoms with E-state index in [4.69, 9.17) is 5.73 Å². The Morgan fingerprint density at radius 2 is 1.32 bits per heavy atom. The van der Waals surface area contributed by atoms with E-state index in [0.29, 0.717) is 29.1 Å². The molecule has 2 aromatic carbocycles. The fourth-order valence-corrected chi connectivity index (χ4v) is 3.72. The summed E-state index contributed by atoms with van der Waals surface area (Å²) >= 11 is 0. The lowest BCUT2D eigenvalue weighted by atomic mass is 10.1. The molecule has 40 heavy (non-hydrogen) atoms. The number of aromatic nitrogens is 4. The number of amides is 1. The van der Waals surface area contributed by atoms with Crippen molar-refractivity contribution in [3.63, 3.8) is 0 Å². The number of nitrogens with zero attached hydrogens (tertiary/aromatic N) is 4. The van der Waals surface area contributed by atoms with Crippen molar-refractivity contribution >= 4 is 17.7 Å². The Hall–Kier alpha value is -4.69. The monoisotopic (exact) mass is 571 g/mol. The maximum atomic E-state index is 13.8. The lowest BCUT2D eigenvalue weighted by Crippen LogP contribution is -2.16. The fourth-order valence-electron chi connectivity index (χ4n) is 3.72. The van der Waals surface area contributed by atoms with Crippen LogP contribution >= 0.6 is 0 Å². The summed E-state index contributed by atoms with van der Waals surface area (Å²) in [5.41, 5.74) is -0.819. The minimum absolute atomic E-state index is 0.433. The van der Waals surface area contributed by atoms with E-state index in [0.717, 1.165) is 36.5 Å². The van der Waals surface area contributed by atoms with Crippen LogP contribution in [0.2, 0.25) is 0 Å². The van der Waals surface area contributed by atoms with Crippen molar-refractivity contribution < 1.29 is 44.3 Å². The molecule has 0 spiro atoms. The van der Waals surface area contributed by atoms with Gasteiger partial charge in [0.2, 0.25) is 0 Å². The van der Waals surface area contributed by atoms with E-state index in [-0.39, 0.29) is 0 Å². The molecule has 0 saturated heterocycles. The van der Waals surface area contributed by atoms with E-state index in [9.17, 15) is 44.3 Å². The molecule has 2 heterocycles. The third-order valence-corrected chi connectivity index (χ3v) is 5.46. The van der Waals surface area contributed by atoms with Crippen LogP contribution in [0.25, 0.3) is 34.5 Å². The first-order valence-corrected chi connectivity index (χ1v) is 10.9. The van der Waals surface area contributed by atoms with E-state index < -0.39 is 75.2 Å². The summed E-state index contributed by atoms with van der Waals surface area (Å²) in [5.74, 6) is -2.66. The zero-order valence-corrected chi connectivity index (χ0v) is 19.6. The average Bonchev–Trinajstić information content (AvgIpc) is 3.29. The molecule has 0 radical (unpaired) electrons. The van der Waals surface area contributed by atoms with Crippen molar-refractivity contribution in [3.05, 3.63) is 89.2 Å². The molecule has 208 valence electrons. The van der Waals surface area contributed by atoms with Gasteiger partial charge in [0.15, 0.2) is 11.6 Å². The van der Waals surface area contributed by atoms with Crippen LogP contribution < -0.4 is 5.73 Å². The molecule has 0 aliphatic carbocycles. The van der Waals surface area contributed by atoms with E-state index in [2.05, 4.69) is 15.1 Å². The topological polar surface area (TPSA) is 86.7 Å². The van der Waals surface area contributed by atoms with Crippen molar-refractivity contribution in [2.75, 3.05) is 0 Å². The second-order valence-corrected chi connectivity index (χ2v) is 8.12. The molecule has 0 saturated carbocycles. The van der Waals surface area contributed by atoms with E-state index in [1.807, 2.05) is 0 Å². The molecular weight excluding hydrogens is 557 g/mol. The summed E-state index contributed by atoms with van der Waals surface area (Å²) in [4.78, 5) is 19.4. The van der Waals surface area contributed by atoms with Gasteiger partial charge in [0.1, 0.15) is 5.69 Å². The lowest BCUT2D eigenvalue weighted by molar-refractivity contribution is -0.141. The second-order valence-electron chi connectivity index (χ2n) is 8.12. The standard InChI is InChI=1S/C25H14F9N5O/c26-23(27,28)17-7-3-1-5-14(17)21-37-22(15-6-2-4-8-18(15)24(29,30)31)39(38-21)12-16(20(35)40)13-9-10-36-19(11-13)25(32,33)34/h1-12H,(H2,35,40)/b16-12+. The van der Waals surface area contributed by atoms with Gasteiger partial charge in [-0.25, -0.2) is 9.67 Å². The van der Waals surface area contributed by atoms with Crippen LogP contribution in [0, 0.1) is 0 Å². The van der Waals surface area contributed by atoms with E-state index in [1.165, 1.54) is 12.1 Å². The second kappa shape index (κ2) is 10.1. The van der Waals surface area contributed by atoms with Gasteiger partial charge >= 0.3 is 18.5 Å². The minimum Gasteiger partial charge on any atom is -0.366 e. The average molecular weight is 571 g/mol. The Bertz CT molecular complexity index is 1600. The first-order valence-electron chi connectivity index (χ1n) is 10.9. The number of benzene rings is 2. The van der Waals surface area contributed by atoms with Crippen LogP contribution in [0.5, 0.6) is 0 Å². The zero-order valence-electron chi connectivity index (χ0n) is 19.6. The highest BCUT2D eigenvalue weighted by Crippen LogP contribution is 2.39. The minimum atomic E-state index is -4.94. The summed E-state index contributed by atoms with van der Waals surface area (Å²) in [6, 6.07) is 9.35. The molecule has 1 amide bonds. The number of hydrogen-bond acceptors (Lipinski definition) is 4. The third kappa shape index (κ3) is 5.82. The number of pyridine rings is 1. The van der Waals surface area contributed by atoms with E-state index in [1.54, 1.807) is 0 Å². The molecule has 4 rings (SSSR count). The van der Waals surface area contributed by atoms with Crippen LogP contribution in [0.4, 0.5) is 39.5 Å². The predicted molar refractivity (Wildman–Crippen MR) is 123 cm³/mol. The summed E-state index contributed by atoms with van der Waals surface area (Å²) < 4.78 is 123. The Balaban J connectivity index is 2.03. The highest BCUT2D eigenvalue weighted by molar-refractivity contribution is 6.22. The van der Waals surface area contributed by atoms with Gasteiger partial charge < -0.3 is 5.73 Å². The number of carbonyl (C=O) groups excluding carboxylic acids is 1. The molecule has 0 bridgehead atoms. The molecule has 2 aromatic heterocycles. The summed E-state index contributed by atoms with van der Waals surface area (Å²) in [5, 5.41) is 3.89. The Morgan fingerprint density at radius 1 is 0.775 bits per heavy atom. The number of nitrogens with two attached hydrogens (primary N) is 1. The van der Waals surface area contributed by atoms with Gasteiger partial charge in [-0.2, -0.15) is 39.5 Å². The summed E-state index contributed by atoms with van der Waals surface area (Å²) in [6.07, 6.45) is -13.4. The summed E-state index contributed by atoms with van der Waals surface area (Å²) in [7, 11) is 0. The van der Waals surface area contributed by atoms with Gasteiger partial charge in [0.05, 0.1) is 16.7 Å². The van der Waals surface area contributed by atoms with E-state index >= 15 is 0 Å².